The number of hydrogen-bond donors (Lipinski definition) is 2. The van der Waals surface area contributed by atoms with E-state index in [4.69, 9.17) is 5.11 Å². The third-order valence-corrected chi connectivity index (χ3v) is 3.32. The maximum atomic E-state index is 12.0. The summed E-state index contributed by atoms with van der Waals surface area (Å²) in [5.41, 5.74) is 1.87. The molecule has 0 aliphatic heterocycles. The molecule has 1 aromatic rings. The molecule has 2 N–H and O–H groups in total. The quantitative estimate of drug-likeness (QED) is 0.797. The second kappa shape index (κ2) is 6.52. The maximum Gasteiger partial charge on any atom is 0.304 e. The van der Waals surface area contributed by atoms with Gasteiger partial charge >= 0.3 is 5.97 Å². The number of nitrogens with zero attached hydrogens (tertiary/aromatic N) is 1. The van der Waals surface area contributed by atoms with E-state index in [-0.39, 0.29) is 18.9 Å². The van der Waals surface area contributed by atoms with Crippen molar-refractivity contribution in [2.24, 2.45) is 0 Å². The molecule has 0 atom stereocenters. The number of anilines is 1. The molecule has 0 aromatic heterocycles. The molecule has 0 spiro atoms. The molecular formula is C15H20N2O3. The van der Waals surface area contributed by atoms with E-state index in [1.54, 1.807) is 0 Å². The maximum absolute atomic E-state index is 12.0. The Balaban J connectivity index is 1.86. The Kier molecular flexibility index (Phi) is 4.74. The lowest BCUT2D eigenvalue weighted by Gasteiger charge is -2.20. The molecule has 0 saturated heterocycles. The van der Waals surface area contributed by atoms with Crippen molar-refractivity contribution < 1.29 is 14.7 Å². The van der Waals surface area contributed by atoms with E-state index in [2.05, 4.69) is 5.32 Å². The van der Waals surface area contributed by atoms with Crippen molar-refractivity contribution in [2.75, 3.05) is 18.4 Å². The number of benzene rings is 1. The first-order chi connectivity index (χ1) is 9.54. The van der Waals surface area contributed by atoms with Gasteiger partial charge in [-0.15, -0.1) is 0 Å². The number of aryl methyl sites for hydroxylation is 1. The van der Waals surface area contributed by atoms with Gasteiger partial charge in [-0.1, -0.05) is 12.1 Å². The first-order valence-electron chi connectivity index (χ1n) is 6.87. The number of rotatable bonds is 7. The number of amides is 1. The third kappa shape index (κ3) is 4.66. The Morgan fingerprint density at radius 1 is 1.40 bits per heavy atom. The van der Waals surface area contributed by atoms with Gasteiger partial charge in [-0.25, -0.2) is 0 Å². The zero-order valence-corrected chi connectivity index (χ0v) is 11.6. The number of carboxylic acid groups (broad SMARTS) is 1. The van der Waals surface area contributed by atoms with E-state index in [1.165, 1.54) is 0 Å². The van der Waals surface area contributed by atoms with Gasteiger partial charge < -0.3 is 10.4 Å². The summed E-state index contributed by atoms with van der Waals surface area (Å²) in [5, 5.41) is 11.6. The summed E-state index contributed by atoms with van der Waals surface area (Å²) in [6.07, 6.45) is 2.18. The predicted octanol–water partition coefficient (Wildman–Crippen LogP) is 1.87. The minimum Gasteiger partial charge on any atom is -0.481 e. The highest BCUT2D eigenvalue weighted by molar-refractivity contribution is 5.92. The fourth-order valence-corrected chi connectivity index (χ4v) is 2.18. The van der Waals surface area contributed by atoms with Gasteiger partial charge in [-0.05, 0) is 37.5 Å². The molecule has 1 aromatic carbocycles. The van der Waals surface area contributed by atoms with E-state index in [1.807, 2.05) is 36.1 Å². The number of hydrogen-bond acceptors (Lipinski definition) is 3. The van der Waals surface area contributed by atoms with Crippen LogP contribution in [0.5, 0.6) is 0 Å². The van der Waals surface area contributed by atoms with Gasteiger partial charge in [0.25, 0.3) is 0 Å². The second-order valence-corrected chi connectivity index (χ2v) is 5.26. The van der Waals surface area contributed by atoms with Crippen molar-refractivity contribution >= 4 is 17.6 Å². The highest BCUT2D eigenvalue weighted by Crippen LogP contribution is 2.26. The van der Waals surface area contributed by atoms with E-state index in [0.29, 0.717) is 12.6 Å². The summed E-state index contributed by atoms with van der Waals surface area (Å²) in [7, 11) is 0. The van der Waals surface area contributed by atoms with Crippen molar-refractivity contribution in [1.29, 1.82) is 0 Å². The molecule has 0 heterocycles. The Hall–Kier alpha value is -1.88. The van der Waals surface area contributed by atoms with Gasteiger partial charge in [-0.2, -0.15) is 0 Å². The fraction of sp³-hybridized carbons (Fsp3) is 0.467. The second-order valence-electron chi connectivity index (χ2n) is 5.26. The van der Waals surface area contributed by atoms with Gasteiger partial charge in [0.1, 0.15) is 0 Å². The molecule has 1 aliphatic rings. The number of carboxylic acids is 1. The molecule has 1 aliphatic carbocycles. The van der Waals surface area contributed by atoms with Crippen LogP contribution < -0.4 is 5.32 Å². The van der Waals surface area contributed by atoms with Crippen LogP contribution in [0.15, 0.2) is 24.3 Å². The van der Waals surface area contributed by atoms with Crippen LogP contribution in [0.1, 0.15) is 24.8 Å². The van der Waals surface area contributed by atoms with Gasteiger partial charge in [-0.3, -0.25) is 14.5 Å². The van der Waals surface area contributed by atoms with E-state index >= 15 is 0 Å². The zero-order chi connectivity index (χ0) is 14.5. The Morgan fingerprint density at radius 2 is 2.15 bits per heavy atom. The summed E-state index contributed by atoms with van der Waals surface area (Å²) in [4.78, 5) is 24.6. The van der Waals surface area contributed by atoms with E-state index < -0.39 is 5.97 Å². The lowest BCUT2D eigenvalue weighted by Crippen LogP contribution is -2.36. The molecule has 5 heteroatoms. The number of nitrogens with one attached hydrogen (secondary N) is 1. The largest absolute Gasteiger partial charge is 0.481 e. The van der Waals surface area contributed by atoms with Crippen LogP contribution in [0, 0.1) is 6.92 Å². The Labute approximate surface area is 118 Å². The number of aliphatic carboxylic acids is 1. The summed E-state index contributed by atoms with van der Waals surface area (Å²) in [5.74, 6) is -0.914. The lowest BCUT2D eigenvalue weighted by molar-refractivity contribution is -0.137. The summed E-state index contributed by atoms with van der Waals surface area (Å²) >= 11 is 0. The molecule has 1 amide bonds. The molecule has 0 bridgehead atoms. The van der Waals surface area contributed by atoms with Crippen LogP contribution >= 0.6 is 0 Å². The summed E-state index contributed by atoms with van der Waals surface area (Å²) in [6, 6.07) is 8.01. The van der Waals surface area contributed by atoms with Crippen LogP contribution in [0.3, 0.4) is 0 Å². The number of carbonyl (C=O) groups is 2. The smallest absolute Gasteiger partial charge is 0.304 e. The van der Waals surface area contributed by atoms with E-state index in [0.717, 1.165) is 24.1 Å². The molecule has 1 fully saturated rings. The van der Waals surface area contributed by atoms with Crippen LogP contribution in [0.25, 0.3) is 0 Å². The van der Waals surface area contributed by atoms with Crippen molar-refractivity contribution in [2.45, 2.75) is 32.2 Å². The predicted molar refractivity (Wildman–Crippen MR) is 76.7 cm³/mol. The molecule has 20 heavy (non-hydrogen) atoms. The molecule has 2 rings (SSSR count). The average molecular weight is 276 g/mol. The molecular weight excluding hydrogens is 256 g/mol. The fourth-order valence-electron chi connectivity index (χ4n) is 2.18. The Bertz CT molecular complexity index is 498. The van der Waals surface area contributed by atoms with Crippen molar-refractivity contribution in [3.05, 3.63) is 29.8 Å². The van der Waals surface area contributed by atoms with Crippen LogP contribution in [0.2, 0.25) is 0 Å². The van der Waals surface area contributed by atoms with Crippen molar-refractivity contribution in [3.63, 3.8) is 0 Å². The minimum atomic E-state index is -0.824. The average Bonchev–Trinajstić information content (AvgIpc) is 3.18. The number of carbonyl (C=O) groups excluding carboxylic acids is 1. The third-order valence-electron chi connectivity index (χ3n) is 3.32. The molecule has 0 radical (unpaired) electrons. The highest BCUT2D eigenvalue weighted by Gasteiger charge is 2.30. The van der Waals surface area contributed by atoms with Crippen LogP contribution in [-0.2, 0) is 9.59 Å². The first-order valence-corrected chi connectivity index (χ1v) is 6.87. The summed E-state index contributed by atoms with van der Waals surface area (Å²) in [6.45, 7) is 2.66. The van der Waals surface area contributed by atoms with Gasteiger partial charge in [0.15, 0.2) is 0 Å². The standard InChI is InChI=1S/C15H20N2O3/c1-11-3-2-4-12(9-11)16-14(18)10-17(13-5-6-13)8-7-15(19)20/h2-4,9,13H,5-8,10H2,1H3,(H,16,18)(H,19,20). The van der Waals surface area contributed by atoms with Crippen molar-refractivity contribution in [3.8, 4) is 0 Å². The van der Waals surface area contributed by atoms with E-state index in [9.17, 15) is 9.59 Å². The first kappa shape index (κ1) is 14.5. The zero-order valence-electron chi connectivity index (χ0n) is 11.6. The van der Waals surface area contributed by atoms with Crippen LogP contribution in [-0.4, -0.2) is 41.0 Å². The van der Waals surface area contributed by atoms with Gasteiger partial charge in [0.05, 0.1) is 13.0 Å². The molecule has 5 nitrogen and oxygen atoms in total. The molecule has 1 saturated carbocycles. The molecule has 108 valence electrons. The SMILES string of the molecule is Cc1cccc(NC(=O)CN(CCC(=O)O)C2CC2)c1. The van der Waals surface area contributed by atoms with Crippen molar-refractivity contribution in [1.82, 2.24) is 4.90 Å². The minimum absolute atomic E-state index is 0.0776. The van der Waals surface area contributed by atoms with Crippen LogP contribution in [0.4, 0.5) is 5.69 Å². The monoisotopic (exact) mass is 276 g/mol. The normalized spacial score (nSPS) is 14.3. The Morgan fingerprint density at radius 3 is 2.75 bits per heavy atom. The molecule has 0 unspecified atom stereocenters. The van der Waals surface area contributed by atoms with Gasteiger partial charge in [0.2, 0.25) is 5.91 Å². The topological polar surface area (TPSA) is 69.6 Å². The van der Waals surface area contributed by atoms with Gasteiger partial charge in [0, 0.05) is 18.3 Å². The summed E-state index contributed by atoms with van der Waals surface area (Å²) < 4.78 is 0. The highest BCUT2D eigenvalue weighted by atomic mass is 16.4. The lowest BCUT2D eigenvalue weighted by atomic mass is 10.2.